The van der Waals surface area contributed by atoms with Crippen molar-refractivity contribution in [2.45, 2.75) is 24.3 Å². The van der Waals surface area contributed by atoms with E-state index in [1.165, 1.54) is 11.8 Å². The number of hydrogen-bond donors (Lipinski definition) is 1. The lowest BCUT2D eigenvalue weighted by atomic mass is 10.2. The molecule has 1 aliphatic rings. The topological polar surface area (TPSA) is 80.2 Å². The van der Waals surface area contributed by atoms with Gasteiger partial charge in [0.1, 0.15) is 0 Å². The third-order valence-electron chi connectivity index (χ3n) is 2.34. The van der Waals surface area contributed by atoms with Crippen LogP contribution in [0.3, 0.4) is 0 Å². The Kier molecular flexibility index (Phi) is 3.07. The molecule has 0 saturated heterocycles. The molecule has 0 unspecified atom stereocenters. The van der Waals surface area contributed by atoms with Gasteiger partial charge in [0, 0.05) is 6.42 Å². The molecule has 0 aliphatic carbocycles. The summed E-state index contributed by atoms with van der Waals surface area (Å²) in [5.74, 6) is 0.582. The largest absolute Gasteiger partial charge is 0.493 e. The highest BCUT2D eigenvalue weighted by molar-refractivity contribution is 7.99. The third kappa shape index (κ3) is 2.30. The summed E-state index contributed by atoms with van der Waals surface area (Å²) in [6.07, 6.45) is 0.366. The molecule has 7 heteroatoms. The predicted octanol–water partition coefficient (Wildman–Crippen LogP) is 0.765. The molecule has 0 fully saturated rings. The Morgan fingerprint density at radius 1 is 1.44 bits per heavy atom. The highest BCUT2D eigenvalue weighted by Gasteiger charge is 2.26. The quantitative estimate of drug-likeness (QED) is 0.625. The fourth-order valence-corrected chi connectivity index (χ4v) is 3.56. The van der Waals surface area contributed by atoms with Crippen molar-refractivity contribution in [1.82, 2.24) is 9.97 Å². The second-order valence-corrected chi connectivity index (χ2v) is 6.95. The SMILES string of the molecule is CCSc1nc(O)c2c(n1)CCS(=O)(=O)C2. The van der Waals surface area contributed by atoms with Gasteiger partial charge in [0.15, 0.2) is 15.0 Å². The highest BCUT2D eigenvalue weighted by Crippen LogP contribution is 2.28. The lowest BCUT2D eigenvalue weighted by Gasteiger charge is -2.16. The number of aromatic hydroxyl groups is 1. The Labute approximate surface area is 98.2 Å². The molecule has 5 nitrogen and oxygen atoms in total. The predicted molar refractivity (Wildman–Crippen MR) is 61.3 cm³/mol. The van der Waals surface area contributed by atoms with Gasteiger partial charge < -0.3 is 5.11 Å². The molecular formula is C9H12N2O3S2. The fourth-order valence-electron chi connectivity index (χ4n) is 1.59. The summed E-state index contributed by atoms with van der Waals surface area (Å²) in [5, 5.41) is 10.2. The lowest BCUT2D eigenvalue weighted by Crippen LogP contribution is -2.21. The zero-order valence-corrected chi connectivity index (χ0v) is 10.4. The molecule has 0 aromatic carbocycles. The van der Waals surface area contributed by atoms with Crippen LogP contribution < -0.4 is 0 Å². The summed E-state index contributed by atoms with van der Waals surface area (Å²) in [5.41, 5.74) is 1.03. The molecule has 1 aromatic heterocycles. The first kappa shape index (κ1) is 11.7. The summed E-state index contributed by atoms with van der Waals surface area (Å²) in [6.45, 7) is 1.97. The van der Waals surface area contributed by atoms with Crippen molar-refractivity contribution in [3.63, 3.8) is 0 Å². The van der Waals surface area contributed by atoms with Gasteiger partial charge in [-0.25, -0.2) is 13.4 Å². The second-order valence-electron chi connectivity index (χ2n) is 3.53. The van der Waals surface area contributed by atoms with Crippen LogP contribution in [0.5, 0.6) is 5.88 Å². The number of sulfone groups is 1. The molecule has 16 heavy (non-hydrogen) atoms. The molecule has 0 bridgehead atoms. The van der Waals surface area contributed by atoms with Crippen LogP contribution in [0.2, 0.25) is 0 Å². The van der Waals surface area contributed by atoms with E-state index in [9.17, 15) is 13.5 Å². The molecule has 0 radical (unpaired) electrons. The summed E-state index contributed by atoms with van der Waals surface area (Å²) in [4.78, 5) is 8.14. The Morgan fingerprint density at radius 2 is 2.19 bits per heavy atom. The van der Waals surface area contributed by atoms with Gasteiger partial charge in [0.05, 0.1) is 22.8 Å². The number of aryl methyl sites for hydroxylation is 1. The second kappa shape index (κ2) is 4.21. The van der Waals surface area contributed by atoms with E-state index < -0.39 is 9.84 Å². The van der Waals surface area contributed by atoms with Crippen LogP contribution in [0.4, 0.5) is 0 Å². The lowest BCUT2D eigenvalue weighted by molar-refractivity contribution is 0.436. The Balaban J connectivity index is 2.44. The van der Waals surface area contributed by atoms with E-state index in [2.05, 4.69) is 9.97 Å². The van der Waals surface area contributed by atoms with Crippen LogP contribution in [0, 0.1) is 0 Å². The summed E-state index contributed by atoms with van der Waals surface area (Å²) >= 11 is 1.43. The molecule has 88 valence electrons. The van der Waals surface area contributed by atoms with Crippen LogP contribution in [-0.4, -0.2) is 35.0 Å². The maximum atomic E-state index is 11.4. The summed E-state index contributed by atoms with van der Waals surface area (Å²) < 4.78 is 22.8. The average molecular weight is 260 g/mol. The minimum Gasteiger partial charge on any atom is -0.493 e. The zero-order valence-electron chi connectivity index (χ0n) is 8.80. The number of hydrogen-bond acceptors (Lipinski definition) is 6. The van der Waals surface area contributed by atoms with Gasteiger partial charge in [-0.1, -0.05) is 18.7 Å². The first-order valence-corrected chi connectivity index (χ1v) is 7.74. The summed E-state index contributed by atoms with van der Waals surface area (Å²) in [6, 6.07) is 0. The van der Waals surface area contributed by atoms with Gasteiger partial charge in [0.25, 0.3) is 0 Å². The molecule has 1 aromatic rings. The molecular weight excluding hydrogens is 248 g/mol. The van der Waals surface area contributed by atoms with E-state index in [-0.39, 0.29) is 17.4 Å². The first-order valence-electron chi connectivity index (χ1n) is 4.94. The van der Waals surface area contributed by atoms with Crippen molar-refractivity contribution in [2.24, 2.45) is 0 Å². The molecule has 1 N–H and O–H groups in total. The van der Waals surface area contributed by atoms with Gasteiger partial charge in [-0.3, -0.25) is 0 Å². The normalized spacial score (nSPS) is 18.1. The molecule has 0 spiro atoms. The molecule has 0 atom stereocenters. The monoisotopic (exact) mass is 260 g/mol. The molecule has 0 saturated carbocycles. The van der Waals surface area contributed by atoms with Crippen molar-refractivity contribution in [2.75, 3.05) is 11.5 Å². The van der Waals surface area contributed by atoms with Gasteiger partial charge in [-0.15, -0.1) is 0 Å². The van der Waals surface area contributed by atoms with Crippen molar-refractivity contribution >= 4 is 21.6 Å². The Morgan fingerprint density at radius 3 is 2.88 bits per heavy atom. The van der Waals surface area contributed by atoms with E-state index in [0.717, 1.165) is 5.75 Å². The van der Waals surface area contributed by atoms with Crippen LogP contribution in [0.15, 0.2) is 5.16 Å². The van der Waals surface area contributed by atoms with Gasteiger partial charge in [-0.05, 0) is 5.75 Å². The van der Waals surface area contributed by atoms with Gasteiger partial charge in [-0.2, -0.15) is 4.98 Å². The van der Waals surface area contributed by atoms with Crippen molar-refractivity contribution in [1.29, 1.82) is 0 Å². The number of nitrogens with zero attached hydrogens (tertiary/aromatic N) is 2. The average Bonchev–Trinajstić information content (AvgIpc) is 2.19. The maximum Gasteiger partial charge on any atom is 0.219 e. The molecule has 2 heterocycles. The van der Waals surface area contributed by atoms with Crippen molar-refractivity contribution < 1.29 is 13.5 Å². The Bertz CT molecular complexity index is 514. The zero-order chi connectivity index (χ0) is 11.8. The van der Waals surface area contributed by atoms with E-state index in [1.807, 2.05) is 6.92 Å². The number of fused-ring (bicyclic) bond motifs is 1. The van der Waals surface area contributed by atoms with E-state index in [4.69, 9.17) is 0 Å². The van der Waals surface area contributed by atoms with Crippen molar-refractivity contribution in [3.05, 3.63) is 11.3 Å². The van der Waals surface area contributed by atoms with Crippen LogP contribution in [0.1, 0.15) is 18.2 Å². The van der Waals surface area contributed by atoms with E-state index >= 15 is 0 Å². The number of thioether (sulfide) groups is 1. The molecule has 0 amide bonds. The number of aromatic nitrogens is 2. The highest BCUT2D eigenvalue weighted by atomic mass is 32.2. The fraction of sp³-hybridized carbons (Fsp3) is 0.556. The van der Waals surface area contributed by atoms with Crippen LogP contribution in [-0.2, 0) is 22.0 Å². The van der Waals surface area contributed by atoms with Crippen molar-refractivity contribution in [3.8, 4) is 5.88 Å². The van der Waals surface area contributed by atoms with Crippen LogP contribution >= 0.6 is 11.8 Å². The third-order valence-corrected chi connectivity index (χ3v) is 4.62. The smallest absolute Gasteiger partial charge is 0.219 e. The standard InChI is InChI=1S/C9H12N2O3S2/c1-2-15-9-10-7-3-4-16(13,14)5-6(7)8(12)11-9/h2-5H2,1H3,(H,10,11,12). The first-order chi connectivity index (χ1) is 7.52. The van der Waals surface area contributed by atoms with Crippen LogP contribution in [0.25, 0.3) is 0 Å². The minimum atomic E-state index is -3.09. The number of rotatable bonds is 2. The maximum absolute atomic E-state index is 11.4. The van der Waals surface area contributed by atoms with E-state index in [0.29, 0.717) is 22.8 Å². The van der Waals surface area contributed by atoms with Gasteiger partial charge >= 0.3 is 0 Å². The molecule has 1 aliphatic heterocycles. The van der Waals surface area contributed by atoms with Gasteiger partial charge in [0.2, 0.25) is 5.88 Å². The molecule has 2 rings (SSSR count). The minimum absolute atomic E-state index is 0.104. The van der Waals surface area contributed by atoms with E-state index in [1.54, 1.807) is 0 Å². The Hall–Kier alpha value is -0.820. The summed E-state index contributed by atoms with van der Waals surface area (Å²) in [7, 11) is -3.09.